The fraction of sp³-hybridized carbons (Fsp3) is 0.211. The molecule has 0 amide bonds. The Labute approximate surface area is 253 Å². The summed E-state index contributed by atoms with van der Waals surface area (Å²) in [6, 6.07) is 29.5. The number of aryl methyl sites for hydroxylation is 5. The molecule has 0 unspecified atom stereocenters. The third-order valence-corrected chi connectivity index (χ3v) is 8.44. The molecule has 1 aliphatic rings. The largest absolute Gasteiger partial charge is 0.457 e. The van der Waals surface area contributed by atoms with Gasteiger partial charge in [-0.25, -0.2) is 9.97 Å². The molecule has 0 radical (unpaired) electrons. The number of fused-ring (bicyclic) bond motifs is 10. The van der Waals surface area contributed by atoms with Crippen LogP contribution in [0.5, 0.6) is 11.5 Å². The number of para-hydroxylation sites is 2. The van der Waals surface area contributed by atoms with E-state index in [2.05, 4.69) is 117 Å². The van der Waals surface area contributed by atoms with Gasteiger partial charge in [-0.2, -0.15) is 0 Å². The van der Waals surface area contributed by atoms with Crippen molar-refractivity contribution in [2.75, 3.05) is 0 Å². The first kappa shape index (κ1) is 27.0. The molecule has 5 heteroatoms. The van der Waals surface area contributed by atoms with Crippen molar-refractivity contribution in [2.24, 2.45) is 0 Å². The van der Waals surface area contributed by atoms with Gasteiger partial charge in [0.25, 0.3) is 0 Å². The van der Waals surface area contributed by atoms with Crippen LogP contribution in [0.3, 0.4) is 0 Å². The van der Waals surface area contributed by atoms with Crippen LogP contribution in [0.1, 0.15) is 53.7 Å². The van der Waals surface area contributed by atoms with E-state index in [4.69, 9.17) is 14.7 Å². The summed E-state index contributed by atoms with van der Waals surface area (Å²) < 4.78 is 11.0. The van der Waals surface area contributed by atoms with E-state index in [1.807, 2.05) is 24.3 Å². The highest BCUT2D eigenvalue weighted by Crippen LogP contribution is 2.34. The summed E-state index contributed by atoms with van der Waals surface area (Å²) in [5.74, 6) is 3.97. The molecule has 4 aromatic carbocycles. The maximum absolute atomic E-state index is 6.40. The molecule has 8 bridgehead atoms. The van der Waals surface area contributed by atoms with Crippen LogP contribution < -0.4 is 4.74 Å². The van der Waals surface area contributed by atoms with Crippen LogP contribution in [-0.4, -0.2) is 19.1 Å². The number of ether oxygens (including phenoxy) is 1. The molecule has 2 aromatic heterocycles. The number of imidazole rings is 2. The van der Waals surface area contributed by atoms with Crippen LogP contribution in [-0.2, 0) is 12.8 Å². The molecule has 3 heterocycles. The van der Waals surface area contributed by atoms with Gasteiger partial charge in [0.15, 0.2) is 0 Å². The van der Waals surface area contributed by atoms with E-state index in [-0.39, 0.29) is 0 Å². The lowest BCUT2D eigenvalue weighted by atomic mass is 9.98. The van der Waals surface area contributed by atoms with Gasteiger partial charge in [-0.1, -0.05) is 74.5 Å². The number of rotatable bonds is 3. The molecule has 1 aliphatic heterocycles. The van der Waals surface area contributed by atoms with E-state index in [1.54, 1.807) is 0 Å². The minimum atomic E-state index is 0.377. The van der Waals surface area contributed by atoms with E-state index >= 15 is 0 Å². The third-order valence-electron chi connectivity index (χ3n) is 8.44. The van der Waals surface area contributed by atoms with Gasteiger partial charge in [-0.05, 0) is 73.2 Å². The minimum absolute atomic E-state index is 0.377. The van der Waals surface area contributed by atoms with E-state index in [0.717, 1.165) is 58.5 Å². The smallest absolute Gasteiger partial charge is 0.128 e. The van der Waals surface area contributed by atoms with Gasteiger partial charge in [0, 0.05) is 36.4 Å². The van der Waals surface area contributed by atoms with Crippen molar-refractivity contribution in [3.63, 3.8) is 0 Å². The van der Waals surface area contributed by atoms with Crippen molar-refractivity contribution in [1.29, 1.82) is 0 Å². The van der Waals surface area contributed by atoms with Crippen molar-refractivity contribution >= 4 is 0 Å². The number of aromatic nitrogens is 4. The summed E-state index contributed by atoms with van der Waals surface area (Å²) in [4.78, 5) is 10.5. The van der Waals surface area contributed by atoms with Gasteiger partial charge in [0.05, 0.1) is 22.8 Å². The zero-order chi connectivity index (χ0) is 29.7. The maximum atomic E-state index is 6.40. The molecule has 0 aliphatic carbocycles. The summed E-state index contributed by atoms with van der Waals surface area (Å²) in [7, 11) is 0. The normalized spacial score (nSPS) is 12.5. The van der Waals surface area contributed by atoms with Crippen LogP contribution in [0, 0.1) is 20.8 Å². The molecular formula is C38H36N4O. The molecule has 6 aromatic rings. The van der Waals surface area contributed by atoms with Gasteiger partial charge in [0.1, 0.15) is 23.1 Å². The first-order valence-electron chi connectivity index (χ1n) is 15.1. The van der Waals surface area contributed by atoms with Gasteiger partial charge < -0.3 is 13.9 Å². The number of benzene rings is 4. The lowest BCUT2D eigenvalue weighted by Gasteiger charge is -2.18. The Morgan fingerprint density at radius 1 is 0.605 bits per heavy atom. The Morgan fingerprint density at radius 3 is 1.60 bits per heavy atom. The van der Waals surface area contributed by atoms with Gasteiger partial charge >= 0.3 is 0 Å². The quantitative estimate of drug-likeness (QED) is 0.215. The van der Waals surface area contributed by atoms with E-state index in [1.165, 1.54) is 33.6 Å². The number of hydrogen-bond donors (Lipinski definition) is 0. The molecular weight excluding hydrogens is 528 g/mol. The second-order valence-electron chi connectivity index (χ2n) is 11.9. The van der Waals surface area contributed by atoms with Crippen LogP contribution in [0.2, 0.25) is 0 Å². The van der Waals surface area contributed by atoms with Gasteiger partial charge in [-0.15, -0.1) is 0 Å². The summed E-state index contributed by atoms with van der Waals surface area (Å²) in [5, 5.41) is 0. The second-order valence-corrected chi connectivity index (χ2v) is 11.9. The Morgan fingerprint density at radius 2 is 1.07 bits per heavy atom. The van der Waals surface area contributed by atoms with Crippen molar-refractivity contribution in [1.82, 2.24) is 19.1 Å². The number of nitrogens with zero attached hydrogens (tertiary/aromatic N) is 4. The predicted octanol–water partition coefficient (Wildman–Crippen LogP) is 9.33. The van der Waals surface area contributed by atoms with Crippen LogP contribution in [0.4, 0.5) is 0 Å². The van der Waals surface area contributed by atoms with Crippen LogP contribution in [0.15, 0.2) is 97.3 Å². The molecule has 0 saturated heterocycles. The molecule has 214 valence electrons. The zero-order valence-corrected chi connectivity index (χ0v) is 25.4. The molecule has 0 saturated carbocycles. The van der Waals surface area contributed by atoms with E-state index < -0.39 is 0 Å². The Balaban J connectivity index is 1.45. The van der Waals surface area contributed by atoms with Crippen molar-refractivity contribution in [3.05, 3.63) is 131 Å². The molecule has 0 atom stereocenters. The molecule has 5 nitrogen and oxygen atoms in total. The SMILES string of the molecule is Cc1cccc(C)c1-n1cc2nc1CCc1nc(cn1-c1c(C)cccc1C(C)C)-c1cccc(c1)Oc1cccc-2c1. The standard InChI is InChI=1S/C38H36N4O/c1-24(2)32-17-7-12-27(5)38(32)42-23-34-29-14-9-16-31(21-29)43-30-15-8-13-28(20-30)33-22-41(35(39-33)18-19-36(42)40-34)37-25(3)10-6-11-26(37)4/h6-17,20-24H,18-19H2,1-5H3. The Hall–Kier alpha value is -4.90. The maximum Gasteiger partial charge on any atom is 0.128 e. The average molecular weight is 565 g/mol. The summed E-state index contributed by atoms with van der Waals surface area (Å²) in [6.07, 6.45) is 5.85. The van der Waals surface area contributed by atoms with Crippen molar-refractivity contribution < 1.29 is 4.74 Å². The molecule has 43 heavy (non-hydrogen) atoms. The lowest BCUT2D eigenvalue weighted by molar-refractivity contribution is 0.483. The fourth-order valence-corrected chi connectivity index (χ4v) is 6.32. The minimum Gasteiger partial charge on any atom is -0.457 e. The first-order valence-corrected chi connectivity index (χ1v) is 15.1. The fourth-order valence-electron chi connectivity index (χ4n) is 6.32. The molecule has 0 N–H and O–H groups in total. The lowest BCUT2D eigenvalue weighted by Crippen LogP contribution is -2.10. The average Bonchev–Trinajstić information content (AvgIpc) is 3.60. The molecule has 0 spiro atoms. The predicted molar refractivity (Wildman–Crippen MR) is 174 cm³/mol. The van der Waals surface area contributed by atoms with Crippen molar-refractivity contribution in [2.45, 2.75) is 53.4 Å². The second kappa shape index (κ2) is 10.7. The van der Waals surface area contributed by atoms with Gasteiger partial charge in [0.2, 0.25) is 0 Å². The summed E-state index contributed by atoms with van der Waals surface area (Å²) in [5.41, 5.74) is 11.3. The molecule has 7 rings (SSSR count). The highest BCUT2D eigenvalue weighted by atomic mass is 16.5. The van der Waals surface area contributed by atoms with E-state index in [0.29, 0.717) is 5.92 Å². The summed E-state index contributed by atoms with van der Waals surface area (Å²) >= 11 is 0. The monoisotopic (exact) mass is 564 g/mol. The van der Waals surface area contributed by atoms with Crippen LogP contribution >= 0.6 is 0 Å². The molecule has 0 fully saturated rings. The summed E-state index contributed by atoms with van der Waals surface area (Å²) in [6.45, 7) is 11.0. The number of hydrogen-bond acceptors (Lipinski definition) is 3. The third kappa shape index (κ3) is 4.95. The van der Waals surface area contributed by atoms with Crippen LogP contribution in [0.25, 0.3) is 33.9 Å². The topological polar surface area (TPSA) is 44.9 Å². The van der Waals surface area contributed by atoms with Crippen molar-refractivity contribution in [3.8, 4) is 45.4 Å². The Bertz CT molecular complexity index is 1960. The highest BCUT2D eigenvalue weighted by Gasteiger charge is 2.21. The van der Waals surface area contributed by atoms with E-state index in [9.17, 15) is 0 Å². The first-order chi connectivity index (χ1) is 20.9. The van der Waals surface area contributed by atoms with Gasteiger partial charge in [-0.3, -0.25) is 0 Å². The zero-order valence-electron chi connectivity index (χ0n) is 25.4. The Kier molecular flexibility index (Phi) is 6.73. The highest BCUT2D eigenvalue weighted by molar-refractivity contribution is 5.65.